The molecule has 0 amide bonds. The Kier molecular flexibility index (Phi) is 3.23. The van der Waals surface area contributed by atoms with Crippen LogP contribution < -0.4 is 5.73 Å². The molecule has 0 aliphatic rings. The Balaban J connectivity index is 1.95. The number of fused-ring (bicyclic) bond motifs is 1. The largest absolute Gasteiger partial charge is 0.342 e. The summed E-state index contributed by atoms with van der Waals surface area (Å²) in [7, 11) is 0. The van der Waals surface area contributed by atoms with Crippen LogP contribution in [0, 0.1) is 0 Å². The van der Waals surface area contributed by atoms with Crippen LogP contribution in [0.4, 0.5) is 0 Å². The highest BCUT2D eigenvalue weighted by molar-refractivity contribution is 6.31. The van der Waals surface area contributed by atoms with Crippen molar-refractivity contribution in [2.24, 2.45) is 5.73 Å². The van der Waals surface area contributed by atoms with Gasteiger partial charge in [0.25, 0.3) is 0 Å². The number of benzene rings is 2. The Morgan fingerprint density at radius 3 is 2.79 bits per heavy atom. The topological polar surface area (TPSA) is 54.7 Å². The van der Waals surface area contributed by atoms with Gasteiger partial charge in [0.05, 0.1) is 11.0 Å². The molecule has 0 spiro atoms. The van der Waals surface area contributed by atoms with E-state index in [1.54, 1.807) is 0 Å². The van der Waals surface area contributed by atoms with Gasteiger partial charge in [0.1, 0.15) is 5.82 Å². The zero-order valence-electron chi connectivity index (χ0n) is 10.4. The molecule has 0 fully saturated rings. The molecule has 0 aliphatic carbocycles. The molecular weight excluding hydrogens is 258 g/mol. The Morgan fingerprint density at radius 1 is 1.16 bits per heavy atom. The predicted octanol–water partition coefficient (Wildman–Crippen LogP) is 3.27. The summed E-state index contributed by atoms with van der Waals surface area (Å²) in [4.78, 5) is 7.89. The van der Waals surface area contributed by atoms with Crippen molar-refractivity contribution < 1.29 is 0 Å². The zero-order chi connectivity index (χ0) is 13.2. The molecule has 3 aromatic rings. The average Bonchev–Trinajstić information content (AvgIpc) is 2.82. The first-order valence-electron chi connectivity index (χ1n) is 6.17. The predicted molar refractivity (Wildman–Crippen MR) is 78.2 cm³/mol. The van der Waals surface area contributed by atoms with Crippen molar-refractivity contribution >= 4 is 22.6 Å². The van der Waals surface area contributed by atoms with Crippen LogP contribution in [0.2, 0.25) is 5.02 Å². The van der Waals surface area contributed by atoms with Crippen molar-refractivity contribution in [3.8, 4) is 0 Å². The Hall–Kier alpha value is -1.84. The molecule has 3 nitrogen and oxygen atoms in total. The van der Waals surface area contributed by atoms with Crippen LogP contribution >= 0.6 is 11.6 Å². The SMILES string of the molecule is NCc1ccc2nc(Cc3ccccc3Cl)[nH]c2c1. The number of H-pyrrole nitrogens is 1. The van der Waals surface area contributed by atoms with Crippen LogP contribution in [0.1, 0.15) is 17.0 Å². The molecule has 1 aromatic heterocycles. The molecule has 0 unspecified atom stereocenters. The van der Waals surface area contributed by atoms with Gasteiger partial charge in [0, 0.05) is 18.0 Å². The lowest BCUT2D eigenvalue weighted by Gasteiger charge is -2.00. The molecule has 96 valence electrons. The first-order valence-corrected chi connectivity index (χ1v) is 6.55. The summed E-state index contributed by atoms with van der Waals surface area (Å²) in [5.74, 6) is 0.914. The van der Waals surface area contributed by atoms with Crippen LogP contribution in [-0.2, 0) is 13.0 Å². The van der Waals surface area contributed by atoms with Crippen molar-refractivity contribution in [2.75, 3.05) is 0 Å². The van der Waals surface area contributed by atoms with Gasteiger partial charge < -0.3 is 10.7 Å². The van der Waals surface area contributed by atoms with Gasteiger partial charge in [-0.2, -0.15) is 0 Å². The summed E-state index contributed by atoms with van der Waals surface area (Å²) in [6.45, 7) is 0.537. The summed E-state index contributed by atoms with van der Waals surface area (Å²) >= 11 is 6.16. The Bertz CT molecular complexity index is 718. The number of aromatic nitrogens is 2. The van der Waals surface area contributed by atoms with E-state index in [9.17, 15) is 0 Å². The number of hydrogen-bond donors (Lipinski definition) is 2. The van der Waals surface area contributed by atoms with E-state index in [1.807, 2.05) is 42.5 Å². The second-order valence-corrected chi connectivity index (χ2v) is 4.91. The maximum absolute atomic E-state index is 6.16. The van der Waals surface area contributed by atoms with Gasteiger partial charge in [-0.25, -0.2) is 4.98 Å². The molecular formula is C15H14ClN3. The standard InChI is InChI=1S/C15H14ClN3/c16-12-4-2-1-3-11(12)8-15-18-13-6-5-10(9-17)7-14(13)19-15/h1-7H,8-9,17H2,(H,18,19). The molecule has 0 saturated carbocycles. The summed E-state index contributed by atoms with van der Waals surface area (Å²) in [6, 6.07) is 13.9. The minimum absolute atomic E-state index is 0.537. The minimum Gasteiger partial charge on any atom is -0.342 e. The van der Waals surface area contributed by atoms with E-state index in [1.165, 1.54) is 0 Å². The molecule has 3 rings (SSSR count). The summed E-state index contributed by atoms with van der Waals surface area (Å²) < 4.78 is 0. The number of imidazole rings is 1. The summed E-state index contributed by atoms with van der Waals surface area (Å²) in [6.07, 6.45) is 0.701. The molecule has 0 aliphatic heterocycles. The first-order chi connectivity index (χ1) is 9.26. The van der Waals surface area contributed by atoms with Crippen molar-refractivity contribution in [1.82, 2.24) is 9.97 Å². The van der Waals surface area contributed by atoms with E-state index in [0.29, 0.717) is 13.0 Å². The number of nitrogens with two attached hydrogens (primary N) is 1. The second kappa shape index (κ2) is 5.03. The van der Waals surface area contributed by atoms with Crippen molar-refractivity contribution in [3.63, 3.8) is 0 Å². The molecule has 0 saturated heterocycles. The van der Waals surface area contributed by atoms with Crippen LogP contribution in [0.25, 0.3) is 11.0 Å². The number of nitrogens with one attached hydrogen (secondary N) is 1. The van der Waals surface area contributed by atoms with Crippen molar-refractivity contribution in [2.45, 2.75) is 13.0 Å². The number of rotatable bonds is 3. The lowest BCUT2D eigenvalue weighted by Crippen LogP contribution is -1.95. The van der Waals surface area contributed by atoms with Crippen LogP contribution in [0.15, 0.2) is 42.5 Å². The van der Waals surface area contributed by atoms with E-state index in [2.05, 4.69) is 9.97 Å². The first kappa shape index (κ1) is 12.2. The van der Waals surface area contributed by atoms with Gasteiger partial charge in [0.15, 0.2) is 0 Å². The fourth-order valence-corrected chi connectivity index (χ4v) is 2.35. The van der Waals surface area contributed by atoms with Crippen molar-refractivity contribution in [1.29, 1.82) is 0 Å². The van der Waals surface area contributed by atoms with Gasteiger partial charge >= 0.3 is 0 Å². The molecule has 3 N–H and O–H groups in total. The quantitative estimate of drug-likeness (QED) is 0.768. The van der Waals surface area contributed by atoms with Crippen LogP contribution in [0.5, 0.6) is 0 Å². The van der Waals surface area contributed by atoms with Crippen LogP contribution in [-0.4, -0.2) is 9.97 Å². The lowest BCUT2D eigenvalue weighted by molar-refractivity contribution is 1.04. The van der Waals surface area contributed by atoms with E-state index in [4.69, 9.17) is 17.3 Å². The van der Waals surface area contributed by atoms with Gasteiger partial charge in [-0.3, -0.25) is 0 Å². The molecule has 19 heavy (non-hydrogen) atoms. The van der Waals surface area contributed by atoms with E-state index in [0.717, 1.165) is 33.0 Å². The molecule has 1 heterocycles. The smallest absolute Gasteiger partial charge is 0.111 e. The van der Waals surface area contributed by atoms with E-state index >= 15 is 0 Å². The highest BCUT2D eigenvalue weighted by atomic mass is 35.5. The lowest BCUT2D eigenvalue weighted by atomic mass is 10.1. The fourth-order valence-electron chi connectivity index (χ4n) is 2.14. The van der Waals surface area contributed by atoms with Gasteiger partial charge in [-0.05, 0) is 29.3 Å². The average molecular weight is 272 g/mol. The van der Waals surface area contributed by atoms with Crippen molar-refractivity contribution in [3.05, 3.63) is 64.4 Å². The van der Waals surface area contributed by atoms with Gasteiger partial charge in [-0.15, -0.1) is 0 Å². The Labute approximate surface area is 116 Å². The third kappa shape index (κ3) is 2.48. The minimum atomic E-state index is 0.537. The highest BCUT2D eigenvalue weighted by Crippen LogP contribution is 2.20. The maximum atomic E-state index is 6.16. The summed E-state index contributed by atoms with van der Waals surface area (Å²) in [5.41, 5.74) is 9.78. The molecule has 0 bridgehead atoms. The van der Waals surface area contributed by atoms with Gasteiger partial charge in [-0.1, -0.05) is 35.9 Å². The Morgan fingerprint density at radius 2 is 2.00 bits per heavy atom. The molecule has 4 heteroatoms. The van der Waals surface area contributed by atoms with Gasteiger partial charge in [0.2, 0.25) is 0 Å². The van der Waals surface area contributed by atoms with E-state index < -0.39 is 0 Å². The van der Waals surface area contributed by atoms with E-state index in [-0.39, 0.29) is 0 Å². The number of hydrogen-bond acceptors (Lipinski definition) is 2. The fraction of sp³-hybridized carbons (Fsp3) is 0.133. The highest BCUT2D eigenvalue weighted by Gasteiger charge is 2.06. The maximum Gasteiger partial charge on any atom is 0.111 e. The summed E-state index contributed by atoms with van der Waals surface area (Å²) in [5, 5.41) is 0.769. The number of halogens is 1. The second-order valence-electron chi connectivity index (χ2n) is 4.51. The number of aromatic amines is 1. The molecule has 0 atom stereocenters. The third-order valence-corrected chi connectivity index (χ3v) is 3.52. The monoisotopic (exact) mass is 271 g/mol. The van der Waals surface area contributed by atoms with Crippen LogP contribution in [0.3, 0.4) is 0 Å². The zero-order valence-corrected chi connectivity index (χ0v) is 11.1. The third-order valence-electron chi connectivity index (χ3n) is 3.15. The number of nitrogens with zero attached hydrogens (tertiary/aromatic N) is 1. The normalized spacial score (nSPS) is 11.1. The molecule has 2 aromatic carbocycles. The molecule has 0 radical (unpaired) electrons.